The molecule has 0 saturated carbocycles. The van der Waals surface area contributed by atoms with Crippen molar-refractivity contribution in [2.24, 2.45) is 0 Å². The molecule has 19 heavy (non-hydrogen) atoms. The molecule has 1 rings (SSSR count). The maximum Gasteiger partial charge on any atom is 0.269 e. The SMILES string of the molecule is CC(CO)(CO)NCC(O)c1ccc([N+](=O)[O-])cc1. The number of hydrogen-bond acceptors (Lipinski definition) is 6. The van der Waals surface area contributed by atoms with Crippen LogP contribution < -0.4 is 5.32 Å². The molecule has 0 heterocycles. The van der Waals surface area contributed by atoms with Crippen LogP contribution in [0.2, 0.25) is 0 Å². The van der Waals surface area contributed by atoms with Gasteiger partial charge in [-0.15, -0.1) is 0 Å². The Kier molecular flexibility index (Phi) is 5.37. The Morgan fingerprint density at radius 1 is 1.32 bits per heavy atom. The average Bonchev–Trinajstić information content (AvgIpc) is 2.44. The van der Waals surface area contributed by atoms with Crippen molar-refractivity contribution in [3.05, 3.63) is 39.9 Å². The molecule has 0 bridgehead atoms. The van der Waals surface area contributed by atoms with Gasteiger partial charge >= 0.3 is 0 Å². The molecule has 0 saturated heterocycles. The Bertz CT molecular complexity index is 417. The number of nitrogens with zero attached hydrogens (tertiary/aromatic N) is 1. The number of nitro benzene ring substituents is 1. The van der Waals surface area contributed by atoms with E-state index in [0.717, 1.165) is 0 Å². The molecule has 4 N–H and O–H groups in total. The van der Waals surface area contributed by atoms with E-state index in [-0.39, 0.29) is 25.4 Å². The van der Waals surface area contributed by atoms with Crippen LogP contribution in [0.3, 0.4) is 0 Å². The molecule has 0 aromatic heterocycles. The van der Waals surface area contributed by atoms with E-state index < -0.39 is 16.6 Å². The van der Waals surface area contributed by atoms with Gasteiger partial charge in [0.1, 0.15) is 0 Å². The van der Waals surface area contributed by atoms with Gasteiger partial charge in [0, 0.05) is 18.7 Å². The van der Waals surface area contributed by atoms with E-state index in [2.05, 4.69) is 5.32 Å². The van der Waals surface area contributed by atoms with Crippen LogP contribution in [-0.4, -0.2) is 45.5 Å². The standard InChI is InChI=1S/C12H18N2O5/c1-12(7-15,8-16)13-6-11(17)9-2-4-10(5-3-9)14(18)19/h2-5,11,13,15-17H,6-8H2,1H3. The van der Waals surface area contributed by atoms with Crippen LogP contribution in [0.15, 0.2) is 24.3 Å². The Morgan fingerprint density at radius 3 is 2.26 bits per heavy atom. The van der Waals surface area contributed by atoms with Crippen molar-refractivity contribution in [2.75, 3.05) is 19.8 Å². The van der Waals surface area contributed by atoms with Gasteiger partial charge in [0.2, 0.25) is 0 Å². The maximum absolute atomic E-state index is 10.5. The second-order valence-electron chi connectivity index (χ2n) is 4.62. The molecule has 0 radical (unpaired) electrons. The van der Waals surface area contributed by atoms with Crippen LogP contribution in [-0.2, 0) is 0 Å². The lowest BCUT2D eigenvalue weighted by Crippen LogP contribution is -2.50. The van der Waals surface area contributed by atoms with E-state index in [4.69, 9.17) is 10.2 Å². The summed E-state index contributed by atoms with van der Waals surface area (Å²) in [5.41, 5.74) is -0.391. The van der Waals surface area contributed by atoms with Crippen LogP contribution >= 0.6 is 0 Å². The fourth-order valence-electron chi connectivity index (χ4n) is 1.44. The van der Waals surface area contributed by atoms with E-state index in [9.17, 15) is 15.2 Å². The van der Waals surface area contributed by atoms with Crippen LogP contribution in [0.1, 0.15) is 18.6 Å². The molecule has 0 fully saturated rings. The molecular formula is C12H18N2O5. The Hall–Kier alpha value is -1.54. The third kappa shape index (κ3) is 4.25. The van der Waals surface area contributed by atoms with Crippen LogP contribution in [0.25, 0.3) is 0 Å². The lowest BCUT2D eigenvalue weighted by Gasteiger charge is -2.27. The van der Waals surface area contributed by atoms with Gasteiger partial charge in [-0.2, -0.15) is 0 Å². The van der Waals surface area contributed by atoms with Gasteiger partial charge in [0.15, 0.2) is 0 Å². The zero-order valence-corrected chi connectivity index (χ0v) is 10.6. The first-order chi connectivity index (χ1) is 8.91. The Morgan fingerprint density at radius 2 is 1.84 bits per heavy atom. The number of aliphatic hydroxyl groups excluding tert-OH is 3. The topological polar surface area (TPSA) is 116 Å². The molecule has 0 amide bonds. The molecule has 0 aliphatic carbocycles. The molecule has 106 valence electrons. The second-order valence-corrected chi connectivity index (χ2v) is 4.62. The van der Waals surface area contributed by atoms with E-state index in [1.54, 1.807) is 6.92 Å². The Labute approximate surface area is 110 Å². The summed E-state index contributed by atoms with van der Waals surface area (Å²) in [6, 6.07) is 5.57. The Balaban J connectivity index is 2.63. The van der Waals surface area contributed by atoms with E-state index in [1.807, 2.05) is 0 Å². The average molecular weight is 270 g/mol. The number of nitrogens with one attached hydrogen (secondary N) is 1. The summed E-state index contributed by atoms with van der Waals surface area (Å²) in [5, 5.41) is 41.4. The van der Waals surface area contributed by atoms with E-state index >= 15 is 0 Å². The fraction of sp³-hybridized carbons (Fsp3) is 0.500. The summed E-state index contributed by atoms with van der Waals surface area (Å²) >= 11 is 0. The molecular weight excluding hydrogens is 252 g/mol. The van der Waals surface area contributed by atoms with Gasteiger partial charge in [-0.25, -0.2) is 0 Å². The largest absolute Gasteiger partial charge is 0.394 e. The van der Waals surface area contributed by atoms with Gasteiger partial charge in [-0.05, 0) is 24.6 Å². The summed E-state index contributed by atoms with van der Waals surface area (Å²) in [6.45, 7) is 1.21. The first kappa shape index (κ1) is 15.5. The predicted molar refractivity (Wildman–Crippen MR) is 68.6 cm³/mol. The first-order valence-corrected chi connectivity index (χ1v) is 5.81. The molecule has 0 aliphatic heterocycles. The van der Waals surface area contributed by atoms with Crippen molar-refractivity contribution in [1.82, 2.24) is 5.32 Å². The highest BCUT2D eigenvalue weighted by Gasteiger charge is 2.23. The highest BCUT2D eigenvalue weighted by atomic mass is 16.6. The van der Waals surface area contributed by atoms with Crippen molar-refractivity contribution >= 4 is 5.69 Å². The monoisotopic (exact) mass is 270 g/mol. The van der Waals surface area contributed by atoms with Gasteiger partial charge in [-0.3, -0.25) is 10.1 Å². The second kappa shape index (κ2) is 6.58. The third-order valence-electron chi connectivity index (χ3n) is 2.91. The highest BCUT2D eigenvalue weighted by molar-refractivity contribution is 5.33. The lowest BCUT2D eigenvalue weighted by molar-refractivity contribution is -0.384. The van der Waals surface area contributed by atoms with Gasteiger partial charge < -0.3 is 20.6 Å². The zero-order chi connectivity index (χ0) is 14.5. The minimum atomic E-state index is -0.877. The number of aliphatic hydroxyl groups is 3. The molecule has 0 aliphatic rings. The minimum Gasteiger partial charge on any atom is -0.394 e. The van der Waals surface area contributed by atoms with Crippen molar-refractivity contribution in [3.8, 4) is 0 Å². The van der Waals surface area contributed by atoms with Crippen molar-refractivity contribution in [2.45, 2.75) is 18.6 Å². The van der Waals surface area contributed by atoms with Gasteiger partial charge in [-0.1, -0.05) is 0 Å². The molecule has 1 aromatic rings. The number of benzene rings is 1. The quantitative estimate of drug-likeness (QED) is 0.408. The molecule has 7 heteroatoms. The highest BCUT2D eigenvalue weighted by Crippen LogP contribution is 2.17. The number of hydrogen-bond donors (Lipinski definition) is 4. The van der Waals surface area contributed by atoms with Crippen molar-refractivity contribution in [1.29, 1.82) is 0 Å². The van der Waals surface area contributed by atoms with E-state index in [1.165, 1.54) is 24.3 Å². The number of non-ortho nitro benzene ring substituents is 1. The molecule has 1 atom stereocenters. The summed E-state index contributed by atoms with van der Waals surface area (Å²) in [4.78, 5) is 9.98. The summed E-state index contributed by atoms with van der Waals surface area (Å²) in [6.07, 6.45) is -0.877. The van der Waals surface area contributed by atoms with Gasteiger partial charge in [0.25, 0.3) is 5.69 Å². The zero-order valence-electron chi connectivity index (χ0n) is 10.6. The molecule has 7 nitrogen and oxygen atoms in total. The summed E-state index contributed by atoms with van der Waals surface area (Å²) in [5.74, 6) is 0. The number of nitro groups is 1. The summed E-state index contributed by atoms with van der Waals surface area (Å²) < 4.78 is 0. The van der Waals surface area contributed by atoms with Crippen LogP contribution in [0.5, 0.6) is 0 Å². The predicted octanol–water partition coefficient (Wildman–Crippen LogP) is -0.0389. The van der Waals surface area contributed by atoms with Crippen molar-refractivity contribution in [3.63, 3.8) is 0 Å². The third-order valence-corrected chi connectivity index (χ3v) is 2.91. The first-order valence-electron chi connectivity index (χ1n) is 5.81. The normalized spacial score (nSPS) is 13.3. The minimum absolute atomic E-state index is 0.0422. The molecule has 1 unspecified atom stereocenters. The molecule has 1 aromatic carbocycles. The van der Waals surface area contributed by atoms with Crippen LogP contribution in [0.4, 0.5) is 5.69 Å². The van der Waals surface area contributed by atoms with Crippen LogP contribution in [0, 0.1) is 10.1 Å². The van der Waals surface area contributed by atoms with Gasteiger partial charge in [0.05, 0.1) is 29.8 Å². The molecule has 0 spiro atoms. The lowest BCUT2D eigenvalue weighted by atomic mass is 10.0. The number of β-amino-alcohol motifs (C(OH)–C–C–N with tert-alkyl or cyclic N) is 1. The maximum atomic E-state index is 10.5. The van der Waals surface area contributed by atoms with E-state index in [0.29, 0.717) is 5.56 Å². The fourth-order valence-corrected chi connectivity index (χ4v) is 1.44. The van der Waals surface area contributed by atoms with Crippen molar-refractivity contribution < 1.29 is 20.2 Å². The summed E-state index contributed by atoms with van der Waals surface area (Å²) in [7, 11) is 0. The smallest absolute Gasteiger partial charge is 0.269 e. The number of rotatable bonds is 7.